The lowest BCUT2D eigenvalue weighted by Gasteiger charge is -2.08. The number of halogens is 1. The molecule has 18 heavy (non-hydrogen) atoms. The molecule has 1 N–H and O–H groups in total. The number of aromatic carboxylic acids is 1. The number of ether oxygens (including phenoxy) is 1. The monoisotopic (exact) mass is 326 g/mol. The van der Waals surface area contributed by atoms with Crippen LogP contribution in [0.5, 0.6) is 5.75 Å². The molecule has 2 rings (SSSR count). The molecule has 0 aliphatic carbocycles. The summed E-state index contributed by atoms with van der Waals surface area (Å²) in [5, 5.41) is 13.0. The van der Waals surface area contributed by atoms with E-state index in [2.05, 4.69) is 27.4 Å². The van der Waals surface area contributed by atoms with Gasteiger partial charge in [-0.1, -0.05) is 0 Å². The zero-order valence-corrected chi connectivity index (χ0v) is 11.8. The largest absolute Gasteiger partial charge is 0.492 e. The van der Waals surface area contributed by atoms with Crippen molar-refractivity contribution in [2.75, 3.05) is 6.61 Å². The molecule has 94 valence electrons. The van der Waals surface area contributed by atoms with Crippen molar-refractivity contribution in [2.45, 2.75) is 6.42 Å². The van der Waals surface area contributed by atoms with Crippen LogP contribution in [0.3, 0.4) is 0 Å². The van der Waals surface area contributed by atoms with Gasteiger partial charge in [0.25, 0.3) is 0 Å². The summed E-state index contributed by atoms with van der Waals surface area (Å²) in [5.41, 5.74) is 1.49. The number of benzene rings is 1. The summed E-state index contributed by atoms with van der Waals surface area (Å²) in [6.07, 6.45) is 0.844. The highest BCUT2D eigenvalue weighted by molar-refractivity contribution is 9.10. The van der Waals surface area contributed by atoms with Crippen LogP contribution in [0.2, 0.25) is 0 Å². The molecule has 0 spiro atoms. The number of hydrogen-bond donors (Lipinski definition) is 1. The van der Waals surface area contributed by atoms with E-state index in [1.165, 1.54) is 11.6 Å². The summed E-state index contributed by atoms with van der Waals surface area (Å²) in [4.78, 5) is 10.8. The summed E-state index contributed by atoms with van der Waals surface area (Å²) in [6, 6.07) is 6.81. The summed E-state index contributed by atoms with van der Waals surface area (Å²) in [7, 11) is 0. The molecular formula is C13H11BrO3S. The molecule has 0 saturated carbocycles. The molecule has 0 fully saturated rings. The van der Waals surface area contributed by atoms with Crippen LogP contribution >= 0.6 is 27.3 Å². The lowest BCUT2D eigenvalue weighted by molar-refractivity contribution is 0.0697. The predicted molar refractivity (Wildman–Crippen MR) is 74.6 cm³/mol. The minimum Gasteiger partial charge on any atom is -0.492 e. The van der Waals surface area contributed by atoms with Crippen LogP contribution in [-0.4, -0.2) is 17.7 Å². The Hall–Kier alpha value is -1.33. The maximum Gasteiger partial charge on any atom is 0.335 e. The molecule has 0 saturated heterocycles. The number of hydrogen-bond acceptors (Lipinski definition) is 3. The fraction of sp³-hybridized carbons (Fsp3) is 0.154. The first-order chi connectivity index (χ1) is 8.66. The molecule has 0 radical (unpaired) electrons. The van der Waals surface area contributed by atoms with Crippen LogP contribution in [0.4, 0.5) is 0 Å². The number of thiophene rings is 1. The summed E-state index contributed by atoms with van der Waals surface area (Å²) in [6.45, 7) is 0.571. The van der Waals surface area contributed by atoms with Gasteiger partial charge in [-0.25, -0.2) is 4.79 Å². The first kappa shape index (κ1) is 13.1. The number of carboxylic acids is 1. The van der Waals surface area contributed by atoms with E-state index < -0.39 is 5.97 Å². The zero-order valence-electron chi connectivity index (χ0n) is 9.43. The molecule has 5 heteroatoms. The average molecular weight is 327 g/mol. The van der Waals surface area contributed by atoms with Crippen molar-refractivity contribution in [3.8, 4) is 5.75 Å². The number of carboxylic acid groups (broad SMARTS) is 1. The van der Waals surface area contributed by atoms with Crippen LogP contribution in [0.25, 0.3) is 0 Å². The van der Waals surface area contributed by atoms with Crippen LogP contribution < -0.4 is 4.74 Å². The first-order valence-electron chi connectivity index (χ1n) is 5.33. The third-order valence-corrected chi connectivity index (χ3v) is 3.76. The van der Waals surface area contributed by atoms with Gasteiger partial charge in [0.2, 0.25) is 0 Å². The third-order valence-electron chi connectivity index (χ3n) is 2.41. The lowest BCUT2D eigenvalue weighted by Crippen LogP contribution is -2.02. The molecule has 0 atom stereocenters. The van der Waals surface area contributed by atoms with E-state index >= 15 is 0 Å². The standard InChI is InChI=1S/C13H11BrO3S/c14-11-7-10(13(15)16)1-2-12(11)17-5-3-9-4-6-18-8-9/h1-2,4,6-8H,3,5H2,(H,15,16). The Labute approximate surface area is 117 Å². The third kappa shape index (κ3) is 3.34. The second-order valence-corrected chi connectivity index (χ2v) is 5.31. The second-order valence-electron chi connectivity index (χ2n) is 3.68. The van der Waals surface area contributed by atoms with E-state index in [-0.39, 0.29) is 5.56 Å². The predicted octanol–water partition coefficient (Wildman–Crippen LogP) is 3.83. The molecule has 1 heterocycles. The van der Waals surface area contributed by atoms with Gasteiger partial charge in [-0.15, -0.1) is 0 Å². The summed E-state index contributed by atoms with van der Waals surface area (Å²) in [5.74, 6) is -0.282. The molecule has 0 aliphatic heterocycles. The van der Waals surface area contributed by atoms with Gasteiger partial charge < -0.3 is 9.84 Å². The zero-order chi connectivity index (χ0) is 13.0. The topological polar surface area (TPSA) is 46.5 Å². The molecule has 0 bridgehead atoms. The molecule has 1 aromatic heterocycles. The SMILES string of the molecule is O=C(O)c1ccc(OCCc2ccsc2)c(Br)c1. The van der Waals surface area contributed by atoms with E-state index in [0.29, 0.717) is 16.8 Å². The van der Waals surface area contributed by atoms with Crippen LogP contribution in [0.1, 0.15) is 15.9 Å². The van der Waals surface area contributed by atoms with Crippen molar-refractivity contribution >= 4 is 33.2 Å². The Kier molecular flexibility index (Phi) is 4.38. The summed E-state index contributed by atoms with van der Waals surface area (Å²) < 4.78 is 6.27. The van der Waals surface area contributed by atoms with Gasteiger partial charge in [-0.2, -0.15) is 11.3 Å². The fourth-order valence-electron chi connectivity index (χ4n) is 1.46. The Balaban J connectivity index is 1.95. The van der Waals surface area contributed by atoms with Crippen molar-refractivity contribution in [3.05, 3.63) is 50.6 Å². The van der Waals surface area contributed by atoms with E-state index in [9.17, 15) is 4.79 Å². The van der Waals surface area contributed by atoms with Crippen LogP contribution in [0.15, 0.2) is 39.5 Å². The van der Waals surface area contributed by atoms with Gasteiger partial charge >= 0.3 is 5.97 Å². The van der Waals surface area contributed by atoms with Gasteiger partial charge in [0, 0.05) is 6.42 Å². The van der Waals surface area contributed by atoms with Crippen molar-refractivity contribution in [1.29, 1.82) is 0 Å². The molecule has 0 aliphatic rings. The maximum absolute atomic E-state index is 10.8. The van der Waals surface area contributed by atoms with Crippen LogP contribution in [0, 0.1) is 0 Å². The van der Waals surface area contributed by atoms with E-state index in [0.717, 1.165) is 6.42 Å². The number of carbonyl (C=O) groups is 1. The Morgan fingerprint density at radius 1 is 1.39 bits per heavy atom. The highest BCUT2D eigenvalue weighted by Gasteiger charge is 2.07. The van der Waals surface area contributed by atoms with E-state index in [4.69, 9.17) is 9.84 Å². The van der Waals surface area contributed by atoms with E-state index in [1.807, 2.05) is 5.38 Å². The number of rotatable bonds is 5. The highest BCUT2D eigenvalue weighted by Crippen LogP contribution is 2.26. The van der Waals surface area contributed by atoms with Crippen molar-refractivity contribution in [2.24, 2.45) is 0 Å². The minimum atomic E-state index is -0.944. The smallest absolute Gasteiger partial charge is 0.335 e. The fourth-order valence-corrected chi connectivity index (χ4v) is 2.66. The van der Waals surface area contributed by atoms with Crippen molar-refractivity contribution in [1.82, 2.24) is 0 Å². The molecule has 2 aromatic rings. The highest BCUT2D eigenvalue weighted by atomic mass is 79.9. The molecule has 1 aromatic carbocycles. The average Bonchev–Trinajstić information content (AvgIpc) is 2.84. The quantitative estimate of drug-likeness (QED) is 0.908. The normalized spacial score (nSPS) is 10.3. The Morgan fingerprint density at radius 3 is 2.83 bits per heavy atom. The van der Waals surface area contributed by atoms with Crippen LogP contribution in [-0.2, 0) is 6.42 Å². The Morgan fingerprint density at radius 2 is 2.22 bits per heavy atom. The molecule has 0 amide bonds. The van der Waals surface area contributed by atoms with Gasteiger partial charge in [-0.05, 0) is 56.5 Å². The minimum absolute atomic E-state index is 0.243. The van der Waals surface area contributed by atoms with E-state index in [1.54, 1.807) is 23.5 Å². The summed E-state index contributed by atoms with van der Waals surface area (Å²) >= 11 is 4.97. The molecular weight excluding hydrogens is 316 g/mol. The van der Waals surface area contributed by atoms with Crippen molar-refractivity contribution in [3.63, 3.8) is 0 Å². The van der Waals surface area contributed by atoms with Crippen molar-refractivity contribution < 1.29 is 14.6 Å². The molecule has 0 unspecified atom stereocenters. The molecule has 3 nitrogen and oxygen atoms in total. The second kappa shape index (κ2) is 6.02. The van der Waals surface area contributed by atoms with Gasteiger partial charge in [0.15, 0.2) is 0 Å². The lowest BCUT2D eigenvalue weighted by atomic mass is 10.2. The van der Waals surface area contributed by atoms with Gasteiger partial charge in [0.05, 0.1) is 16.6 Å². The first-order valence-corrected chi connectivity index (χ1v) is 7.07. The van der Waals surface area contributed by atoms with Gasteiger partial charge in [0.1, 0.15) is 5.75 Å². The van der Waals surface area contributed by atoms with Gasteiger partial charge in [-0.3, -0.25) is 0 Å². The Bertz CT molecular complexity index is 537. The maximum atomic E-state index is 10.8.